The van der Waals surface area contributed by atoms with E-state index in [-0.39, 0.29) is 11.3 Å². The van der Waals surface area contributed by atoms with E-state index in [0.717, 1.165) is 16.7 Å². The first kappa shape index (κ1) is 21.3. The average molecular weight is 428 g/mol. The van der Waals surface area contributed by atoms with E-state index in [9.17, 15) is 14.7 Å². The number of Topliss-reactive ketones (excluding diaryl/α,β-unsaturated/α-hetero) is 1. The largest absolute Gasteiger partial charge is 0.507 e. The highest BCUT2D eigenvalue weighted by Gasteiger charge is 2.47. The molecule has 6 heteroatoms. The quantitative estimate of drug-likeness (QED) is 0.372. The van der Waals surface area contributed by atoms with Gasteiger partial charge in [-0.3, -0.25) is 19.5 Å². The number of ether oxygens (including phenoxy) is 1. The normalized spacial score (nSPS) is 17.6. The lowest BCUT2D eigenvalue weighted by Crippen LogP contribution is -2.30. The molecule has 2 aromatic carbocycles. The van der Waals surface area contributed by atoms with Crippen molar-refractivity contribution in [3.63, 3.8) is 0 Å². The van der Waals surface area contributed by atoms with Gasteiger partial charge in [-0.1, -0.05) is 35.4 Å². The number of methoxy groups -OCH3 is 1. The second-order valence-electron chi connectivity index (χ2n) is 7.95. The molecule has 1 aromatic heterocycles. The van der Waals surface area contributed by atoms with Crippen LogP contribution in [0.15, 0.2) is 66.5 Å². The summed E-state index contributed by atoms with van der Waals surface area (Å²) in [4.78, 5) is 32.2. The number of hydrogen-bond acceptors (Lipinski definition) is 5. The number of ketones is 1. The number of pyridine rings is 1. The summed E-state index contributed by atoms with van der Waals surface area (Å²) < 4.78 is 5.41. The second-order valence-corrected chi connectivity index (χ2v) is 7.95. The van der Waals surface area contributed by atoms with Gasteiger partial charge in [-0.25, -0.2) is 0 Å². The van der Waals surface area contributed by atoms with Gasteiger partial charge < -0.3 is 9.84 Å². The lowest BCUT2D eigenvalue weighted by Gasteiger charge is -2.26. The number of hydrogen-bond donors (Lipinski definition) is 1. The Morgan fingerprint density at radius 3 is 2.41 bits per heavy atom. The van der Waals surface area contributed by atoms with Gasteiger partial charge in [-0.2, -0.15) is 0 Å². The van der Waals surface area contributed by atoms with Crippen molar-refractivity contribution < 1.29 is 19.4 Å². The highest BCUT2D eigenvalue weighted by Crippen LogP contribution is 2.44. The molecule has 0 radical (unpaired) electrons. The SMILES string of the molecule is COc1ccc(C)cc1/C(O)=C1\C(=O)C(=O)N(c2ccc(C)cc2C)C1c1cccnc1. The third-order valence-corrected chi connectivity index (χ3v) is 5.67. The molecule has 3 aromatic rings. The number of carbonyl (C=O) groups excluding carboxylic acids is 2. The number of aliphatic hydroxyl groups is 1. The number of nitrogens with zero attached hydrogens (tertiary/aromatic N) is 2. The van der Waals surface area contributed by atoms with Crippen molar-refractivity contribution in [3.8, 4) is 5.75 Å². The number of aromatic nitrogens is 1. The Hall–Kier alpha value is -3.93. The fraction of sp³-hybridized carbons (Fsp3) is 0.192. The van der Waals surface area contributed by atoms with E-state index in [1.165, 1.54) is 12.0 Å². The maximum Gasteiger partial charge on any atom is 0.300 e. The van der Waals surface area contributed by atoms with Crippen LogP contribution in [0.1, 0.15) is 33.9 Å². The van der Waals surface area contributed by atoms with Crippen LogP contribution in [0.3, 0.4) is 0 Å². The van der Waals surface area contributed by atoms with Gasteiger partial charge in [0, 0.05) is 18.1 Å². The number of aliphatic hydroxyl groups excluding tert-OH is 1. The highest BCUT2D eigenvalue weighted by atomic mass is 16.5. The van der Waals surface area contributed by atoms with Crippen molar-refractivity contribution in [2.75, 3.05) is 12.0 Å². The van der Waals surface area contributed by atoms with Crippen molar-refractivity contribution in [3.05, 3.63) is 94.3 Å². The Labute approximate surface area is 186 Å². The van der Waals surface area contributed by atoms with Crippen LogP contribution in [0.5, 0.6) is 5.75 Å². The molecule has 1 fully saturated rings. The van der Waals surface area contributed by atoms with E-state index in [1.54, 1.807) is 36.7 Å². The lowest BCUT2D eigenvalue weighted by molar-refractivity contribution is -0.132. The van der Waals surface area contributed by atoms with Crippen LogP contribution >= 0.6 is 0 Å². The summed E-state index contributed by atoms with van der Waals surface area (Å²) in [6.45, 7) is 5.74. The molecule has 6 nitrogen and oxygen atoms in total. The molecule has 162 valence electrons. The summed E-state index contributed by atoms with van der Waals surface area (Å²) in [6.07, 6.45) is 3.23. The lowest BCUT2D eigenvalue weighted by atomic mass is 9.95. The van der Waals surface area contributed by atoms with Gasteiger partial charge in [0.25, 0.3) is 11.7 Å². The van der Waals surface area contributed by atoms with Gasteiger partial charge in [0.05, 0.1) is 24.3 Å². The Bertz CT molecular complexity index is 1250. The third-order valence-electron chi connectivity index (χ3n) is 5.67. The number of rotatable bonds is 4. The molecular formula is C26H24N2O4. The van der Waals surface area contributed by atoms with Crippen LogP contribution in [-0.4, -0.2) is 28.9 Å². The molecule has 1 aliphatic heterocycles. The van der Waals surface area contributed by atoms with E-state index in [2.05, 4.69) is 4.98 Å². The third kappa shape index (κ3) is 3.54. The number of benzene rings is 2. The van der Waals surface area contributed by atoms with Crippen molar-refractivity contribution >= 4 is 23.1 Å². The highest BCUT2D eigenvalue weighted by molar-refractivity contribution is 6.51. The molecular weight excluding hydrogens is 404 g/mol. The predicted molar refractivity (Wildman–Crippen MR) is 123 cm³/mol. The van der Waals surface area contributed by atoms with Crippen molar-refractivity contribution in [1.82, 2.24) is 4.98 Å². The summed E-state index contributed by atoms with van der Waals surface area (Å²) in [5.74, 6) is -1.31. The Balaban J connectivity index is 2.00. The molecule has 1 N–H and O–H groups in total. The maximum atomic E-state index is 13.3. The molecule has 2 heterocycles. The summed E-state index contributed by atoms with van der Waals surface area (Å²) in [5.41, 5.74) is 4.39. The summed E-state index contributed by atoms with van der Waals surface area (Å²) >= 11 is 0. The van der Waals surface area contributed by atoms with Crippen LogP contribution in [0.2, 0.25) is 0 Å². The summed E-state index contributed by atoms with van der Waals surface area (Å²) in [5, 5.41) is 11.3. The number of aryl methyl sites for hydroxylation is 3. The molecule has 0 saturated carbocycles. The minimum Gasteiger partial charge on any atom is -0.507 e. The Morgan fingerprint density at radius 2 is 1.75 bits per heavy atom. The zero-order valence-electron chi connectivity index (χ0n) is 18.4. The topological polar surface area (TPSA) is 79.7 Å². The van der Waals surface area contributed by atoms with Gasteiger partial charge in [0.15, 0.2) is 0 Å². The van der Waals surface area contributed by atoms with Crippen LogP contribution < -0.4 is 9.64 Å². The van der Waals surface area contributed by atoms with Gasteiger partial charge in [-0.05, 0) is 56.2 Å². The summed E-state index contributed by atoms with van der Waals surface area (Å²) in [7, 11) is 1.49. The molecule has 0 spiro atoms. The predicted octanol–water partition coefficient (Wildman–Crippen LogP) is 4.64. The van der Waals surface area contributed by atoms with E-state index in [4.69, 9.17) is 4.74 Å². The molecule has 1 amide bonds. The van der Waals surface area contributed by atoms with Crippen molar-refractivity contribution in [2.45, 2.75) is 26.8 Å². The maximum absolute atomic E-state index is 13.3. The van der Waals surface area contributed by atoms with E-state index in [0.29, 0.717) is 22.6 Å². The zero-order valence-corrected chi connectivity index (χ0v) is 18.4. The second kappa shape index (κ2) is 8.30. The van der Waals surface area contributed by atoms with Crippen LogP contribution in [0, 0.1) is 20.8 Å². The van der Waals surface area contributed by atoms with Crippen LogP contribution in [0.25, 0.3) is 5.76 Å². The van der Waals surface area contributed by atoms with Gasteiger partial charge in [0.1, 0.15) is 11.5 Å². The standard InChI is InChI=1S/C26H24N2O4/c1-15-7-9-20(17(3)12-15)28-23(18-6-5-11-27-14-18)22(25(30)26(28)31)24(29)19-13-16(2)8-10-21(19)32-4/h5-14,23,29H,1-4H3/b24-22+. The monoisotopic (exact) mass is 428 g/mol. The number of anilines is 1. The molecule has 0 bridgehead atoms. The average Bonchev–Trinajstić information content (AvgIpc) is 3.04. The zero-order chi connectivity index (χ0) is 23.0. The molecule has 1 aliphatic rings. The molecule has 0 aliphatic carbocycles. The van der Waals surface area contributed by atoms with E-state index >= 15 is 0 Å². The molecule has 4 rings (SSSR count). The molecule has 32 heavy (non-hydrogen) atoms. The number of carbonyl (C=O) groups is 2. The van der Waals surface area contributed by atoms with Crippen molar-refractivity contribution in [1.29, 1.82) is 0 Å². The fourth-order valence-corrected chi connectivity index (χ4v) is 4.16. The molecule has 1 saturated heterocycles. The van der Waals surface area contributed by atoms with Crippen LogP contribution in [0.4, 0.5) is 5.69 Å². The molecule has 1 unspecified atom stereocenters. The number of amides is 1. The summed E-state index contributed by atoms with van der Waals surface area (Å²) in [6, 6.07) is 13.7. The van der Waals surface area contributed by atoms with Gasteiger partial charge in [-0.15, -0.1) is 0 Å². The van der Waals surface area contributed by atoms with Crippen molar-refractivity contribution in [2.24, 2.45) is 0 Å². The fourth-order valence-electron chi connectivity index (χ4n) is 4.16. The van der Waals surface area contributed by atoms with Crippen LogP contribution in [-0.2, 0) is 9.59 Å². The van der Waals surface area contributed by atoms with E-state index in [1.807, 2.05) is 45.0 Å². The smallest absolute Gasteiger partial charge is 0.300 e. The first-order valence-electron chi connectivity index (χ1n) is 10.3. The van der Waals surface area contributed by atoms with Gasteiger partial charge >= 0.3 is 0 Å². The Kier molecular flexibility index (Phi) is 5.53. The Morgan fingerprint density at radius 1 is 1.03 bits per heavy atom. The van der Waals surface area contributed by atoms with Gasteiger partial charge in [0.2, 0.25) is 0 Å². The molecule has 1 atom stereocenters. The van der Waals surface area contributed by atoms with E-state index < -0.39 is 17.7 Å². The minimum atomic E-state index is -0.824. The minimum absolute atomic E-state index is 0.00637. The first-order valence-corrected chi connectivity index (χ1v) is 10.3. The first-order chi connectivity index (χ1) is 15.3.